The Morgan fingerprint density at radius 3 is 2.30 bits per heavy atom. The van der Waals surface area contributed by atoms with Gasteiger partial charge in [0.05, 0.1) is 6.42 Å². The van der Waals surface area contributed by atoms with Gasteiger partial charge in [-0.05, 0) is 23.8 Å². The average Bonchev–Trinajstić information content (AvgIpc) is 2.34. The van der Waals surface area contributed by atoms with Crippen molar-refractivity contribution in [2.75, 3.05) is 0 Å². The maximum Gasteiger partial charge on any atom is 0.326 e. The van der Waals surface area contributed by atoms with Crippen molar-refractivity contribution in [1.82, 2.24) is 5.32 Å². The minimum absolute atomic E-state index is 0.0534. The largest absolute Gasteiger partial charge is 0.480 e. The topological polar surface area (TPSA) is 66.4 Å². The molecule has 0 aliphatic carbocycles. The highest BCUT2D eigenvalue weighted by Gasteiger charge is 2.22. The van der Waals surface area contributed by atoms with Crippen LogP contribution in [0.3, 0.4) is 0 Å². The van der Waals surface area contributed by atoms with Crippen LogP contribution in [0, 0.1) is 5.41 Å². The molecule has 1 aromatic carbocycles. The van der Waals surface area contributed by atoms with E-state index in [2.05, 4.69) is 26.1 Å². The van der Waals surface area contributed by atoms with Crippen molar-refractivity contribution >= 4 is 11.9 Å². The van der Waals surface area contributed by atoms with E-state index in [0.29, 0.717) is 6.42 Å². The van der Waals surface area contributed by atoms with Crippen LogP contribution in [0.25, 0.3) is 0 Å². The number of carbonyl (C=O) groups is 2. The third-order valence-corrected chi connectivity index (χ3v) is 3.02. The molecule has 0 bridgehead atoms. The number of aliphatic carboxylic acids is 1. The van der Waals surface area contributed by atoms with Crippen molar-refractivity contribution in [3.05, 3.63) is 35.9 Å². The SMILES string of the molecule is CC(C)(C)CCC(NC(=O)Cc1ccccc1)C(=O)O. The molecule has 1 unspecified atom stereocenters. The lowest BCUT2D eigenvalue weighted by molar-refractivity contribution is -0.142. The third-order valence-electron chi connectivity index (χ3n) is 3.02. The summed E-state index contributed by atoms with van der Waals surface area (Å²) in [4.78, 5) is 23.1. The van der Waals surface area contributed by atoms with Crippen LogP contribution in [0.5, 0.6) is 0 Å². The van der Waals surface area contributed by atoms with Crippen molar-refractivity contribution in [2.24, 2.45) is 5.41 Å². The van der Waals surface area contributed by atoms with Crippen LogP contribution in [-0.4, -0.2) is 23.0 Å². The van der Waals surface area contributed by atoms with E-state index < -0.39 is 12.0 Å². The van der Waals surface area contributed by atoms with Gasteiger partial charge in [0, 0.05) is 0 Å². The Balaban J connectivity index is 2.53. The van der Waals surface area contributed by atoms with E-state index >= 15 is 0 Å². The standard InChI is InChI=1S/C16H23NO3/c1-16(2,3)10-9-13(15(19)20)17-14(18)11-12-7-5-4-6-8-12/h4-8,13H,9-11H2,1-3H3,(H,17,18)(H,19,20). The van der Waals surface area contributed by atoms with Gasteiger partial charge < -0.3 is 10.4 Å². The van der Waals surface area contributed by atoms with E-state index in [-0.39, 0.29) is 17.7 Å². The van der Waals surface area contributed by atoms with E-state index in [0.717, 1.165) is 12.0 Å². The minimum atomic E-state index is -0.976. The molecule has 0 aliphatic rings. The lowest BCUT2D eigenvalue weighted by Crippen LogP contribution is -2.42. The Morgan fingerprint density at radius 1 is 1.20 bits per heavy atom. The number of amides is 1. The second-order valence-electron chi connectivity index (χ2n) is 6.22. The summed E-state index contributed by atoms with van der Waals surface area (Å²) in [6, 6.07) is 8.48. The molecule has 0 saturated carbocycles. The highest BCUT2D eigenvalue weighted by molar-refractivity contribution is 5.84. The fraction of sp³-hybridized carbons (Fsp3) is 0.500. The van der Waals surface area contributed by atoms with Gasteiger partial charge in [0.1, 0.15) is 6.04 Å². The number of hydrogen-bond donors (Lipinski definition) is 2. The Morgan fingerprint density at radius 2 is 1.80 bits per heavy atom. The zero-order valence-electron chi connectivity index (χ0n) is 12.3. The van der Waals surface area contributed by atoms with Crippen LogP contribution in [-0.2, 0) is 16.0 Å². The van der Waals surface area contributed by atoms with E-state index in [1.54, 1.807) is 0 Å². The van der Waals surface area contributed by atoms with Gasteiger partial charge in [0.25, 0.3) is 0 Å². The summed E-state index contributed by atoms with van der Waals surface area (Å²) in [7, 11) is 0. The maximum absolute atomic E-state index is 11.9. The quantitative estimate of drug-likeness (QED) is 0.840. The highest BCUT2D eigenvalue weighted by atomic mass is 16.4. The number of carboxylic acid groups (broad SMARTS) is 1. The van der Waals surface area contributed by atoms with E-state index in [4.69, 9.17) is 0 Å². The van der Waals surface area contributed by atoms with Crippen molar-refractivity contribution in [2.45, 2.75) is 46.1 Å². The van der Waals surface area contributed by atoms with Gasteiger partial charge in [0.15, 0.2) is 0 Å². The van der Waals surface area contributed by atoms with Gasteiger partial charge in [-0.2, -0.15) is 0 Å². The number of rotatable bonds is 6. The van der Waals surface area contributed by atoms with E-state index in [9.17, 15) is 14.7 Å². The monoisotopic (exact) mass is 277 g/mol. The molecule has 2 N–H and O–H groups in total. The minimum Gasteiger partial charge on any atom is -0.480 e. The Kier molecular flexibility index (Phi) is 5.74. The van der Waals surface area contributed by atoms with Crippen molar-refractivity contribution < 1.29 is 14.7 Å². The zero-order valence-corrected chi connectivity index (χ0v) is 12.3. The molecule has 4 nitrogen and oxygen atoms in total. The molecule has 0 aliphatic heterocycles. The second kappa shape index (κ2) is 7.08. The summed E-state index contributed by atoms with van der Waals surface area (Å²) in [6.45, 7) is 6.16. The normalized spacial score (nSPS) is 12.8. The first kappa shape index (κ1) is 16.2. The fourth-order valence-corrected chi connectivity index (χ4v) is 1.86. The number of hydrogen-bond acceptors (Lipinski definition) is 2. The number of nitrogens with one attached hydrogen (secondary N) is 1. The Hall–Kier alpha value is -1.84. The molecule has 1 aromatic rings. The maximum atomic E-state index is 11.9. The van der Waals surface area contributed by atoms with Gasteiger partial charge >= 0.3 is 5.97 Å². The number of carbonyl (C=O) groups excluding carboxylic acids is 1. The van der Waals surface area contributed by atoms with Gasteiger partial charge in [-0.15, -0.1) is 0 Å². The first-order valence-corrected chi connectivity index (χ1v) is 6.84. The predicted molar refractivity (Wildman–Crippen MR) is 78.4 cm³/mol. The van der Waals surface area contributed by atoms with Crippen LogP contribution < -0.4 is 5.32 Å². The Bertz CT molecular complexity index is 449. The lowest BCUT2D eigenvalue weighted by Gasteiger charge is -2.21. The molecule has 1 amide bonds. The van der Waals surface area contributed by atoms with Gasteiger partial charge in [0.2, 0.25) is 5.91 Å². The highest BCUT2D eigenvalue weighted by Crippen LogP contribution is 2.21. The number of carboxylic acids is 1. The summed E-state index contributed by atoms with van der Waals surface area (Å²) in [5, 5.41) is 11.8. The molecule has 0 saturated heterocycles. The van der Waals surface area contributed by atoms with E-state index in [1.165, 1.54) is 0 Å². The van der Waals surface area contributed by atoms with Gasteiger partial charge in [-0.3, -0.25) is 4.79 Å². The van der Waals surface area contributed by atoms with Crippen LogP contribution in [0.2, 0.25) is 0 Å². The van der Waals surface area contributed by atoms with Crippen molar-refractivity contribution in [3.8, 4) is 0 Å². The van der Waals surface area contributed by atoms with Crippen LogP contribution in [0.1, 0.15) is 39.2 Å². The molecule has 0 heterocycles. The molecule has 110 valence electrons. The van der Waals surface area contributed by atoms with Crippen LogP contribution >= 0.6 is 0 Å². The first-order valence-electron chi connectivity index (χ1n) is 6.84. The van der Waals surface area contributed by atoms with Crippen LogP contribution in [0.4, 0.5) is 0 Å². The fourth-order valence-electron chi connectivity index (χ4n) is 1.86. The summed E-state index contributed by atoms with van der Waals surface area (Å²) in [5.74, 6) is -1.23. The Labute approximate surface area is 120 Å². The molecule has 0 radical (unpaired) electrons. The van der Waals surface area contributed by atoms with E-state index in [1.807, 2.05) is 30.3 Å². The third kappa shape index (κ3) is 6.36. The zero-order chi connectivity index (χ0) is 15.2. The molecule has 0 spiro atoms. The summed E-state index contributed by atoms with van der Waals surface area (Å²) >= 11 is 0. The molecule has 20 heavy (non-hydrogen) atoms. The molecule has 4 heteroatoms. The van der Waals surface area contributed by atoms with Gasteiger partial charge in [-0.25, -0.2) is 4.79 Å². The molecular formula is C16H23NO3. The summed E-state index contributed by atoms with van der Waals surface area (Å²) in [6.07, 6.45) is 1.40. The summed E-state index contributed by atoms with van der Waals surface area (Å²) in [5.41, 5.74) is 0.933. The lowest BCUT2D eigenvalue weighted by atomic mass is 9.88. The smallest absolute Gasteiger partial charge is 0.326 e. The molecular weight excluding hydrogens is 254 g/mol. The van der Waals surface area contributed by atoms with Crippen LogP contribution in [0.15, 0.2) is 30.3 Å². The average molecular weight is 277 g/mol. The molecule has 0 aromatic heterocycles. The molecule has 1 rings (SSSR count). The molecule has 1 atom stereocenters. The second-order valence-corrected chi connectivity index (χ2v) is 6.22. The van der Waals surface area contributed by atoms with Crippen molar-refractivity contribution in [1.29, 1.82) is 0 Å². The predicted octanol–water partition coefficient (Wildman–Crippen LogP) is 2.62. The first-order chi connectivity index (χ1) is 9.28. The van der Waals surface area contributed by atoms with Crippen molar-refractivity contribution in [3.63, 3.8) is 0 Å². The van der Waals surface area contributed by atoms with Gasteiger partial charge in [-0.1, -0.05) is 51.1 Å². The molecule has 0 fully saturated rings. The summed E-state index contributed by atoms with van der Waals surface area (Å²) < 4.78 is 0. The number of benzene rings is 1.